The molecule has 0 bridgehead atoms. The molecule has 0 fully saturated rings. The summed E-state index contributed by atoms with van der Waals surface area (Å²) in [6, 6.07) is 4.00. The van der Waals surface area contributed by atoms with Gasteiger partial charge in [0, 0.05) is 0 Å². The average molecular weight is 296 g/mol. The van der Waals surface area contributed by atoms with Gasteiger partial charge in [0.15, 0.2) is 0 Å². The SMILES string of the molecule is CCCC[C@H](NC(=O)NC(C)c1cccc(F)c1)C(=O)O. The molecular formula is C15H21FN2O3. The van der Waals surface area contributed by atoms with E-state index in [1.807, 2.05) is 6.92 Å². The Morgan fingerprint density at radius 2 is 2.05 bits per heavy atom. The third-order valence-corrected chi connectivity index (χ3v) is 3.15. The molecule has 0 spiro atoms. The molecule has 2 amide bonds. The van der Waals surface area contributed by atoms with Crippen LogP contribution in [0.4, 0.5) is 9.18 Å². The van der Waals surface area contributed by atoms with E-state index in [9.17, 15) is 14.0 Å². The van der Waals surface area contributed by atoms with Crippen LogP contribution in [0.2, 0.25) is 0 Å². The number of amides is 2. The fraction of sp³-hybridized carbons (Fsp3) is 0.467. The minimum absolute atomic E-state index is 0.382. The first-order valence-corrected chi connectivity index (χ1v) is 6.99. The lowest BCUT2D eigenvalue weighted by Gasteiger charge is -2.18. The van der Waals surface area contributed by atoms with Crippen molar-refractivity contribution in [1.29, 1.82) is 0 Å². The van der Waals surface area contributed by atoms with Gasteiger partial charge in [-0.1, -0.05) is 31.9 Å². The molecule has 0 aliphatic carbocycles. The molecule has 21 heavy (non-hydrogen) atoms. The van der Waals surface area contributed by atoms with E-state index in [0.717, 1.165) is 12.8 Å². The van der Waals surface area contributed by atoms with Gasteiger partial charge in [0.2, 0.25) is 0 Å². The van der Waals surface area contributed by atoms with Crippen molar-refractivity contribution in [2.24, 2.45) is 0 Å². The highest BCUT2D eigenvalue weighted by molar-refractivity contribution is 5.82. The summed E-state index contributed by atoms with van der Waals surface area (Å²) in [4.78, 5) is 22.9. The summed E-state index contributed by atoms with van der Waals surface area (Å²) in [6.07, 6.45) is 1.96. The number of nitrogens with one attached hydrogen (secondary N) is 2. The monoisotopic (exact) mass is 296 g/mol. The summed E-state index contributed by atoms with van der Waals surface area (Å²) >= 11 is 0. The fourth-order valence-corrected chi connectivity index (χ4v) is 1.92. The minimum atomic E-state index is -1.06. The number of aliphatic carboxylic acids is 1. The van der Waals surface area contributed by atoms with Crippen molar-refractivity contribution < 1.29 is 19.1 Å². The fourth-order valence-electron chi connectivity index (χ4n) is 1.92. The van der Waals surface area contributed by atoms with Crippen molar-refractivity contribution in [3.05, 3.63) is 35.6 Å². The van der Waals surface area contributed by atoms with Crippen LogP contribution in [0, 0.1) is 5.82 Å². The third kappa shape index (κ3) is 5.81. The van der Waals surface area contributed by atoms with Crippen molar-refractivity contribution >= 4 is 12.0 Å². The maximum atomic E-state index is 13.1. The summed E-state index contributed by atoms with van der Waals surface area (Å²) < 4.78 is 13.1. The van der Waals surface area contributed by atoms with Crippen LogP contribution in [-0.4, -0.2) is 23.1 Å². The number of carboxylic acids is 1. The molecule has 0 saturated heterocycles. The van der Waals surface area contributed by atoms with Crippen molar-refractivity contribution in [3.63, 3.8) is 0 Å². The van der Waals surface area contributed by atoms with Crippen LogP contribution in [0.1, 0.15) is 44.7 Å². The van der Waals surface area contributed by atoms with E-state index in [1.54, 1.807) is 19.1 Å². The largest absolute Gasteiger partial charge is 0.480 e. The lowest BCUT2D eigenvalue weighted by atomic mass is 10.1. The molecule has 1 unspecified atom stereocenters. The lowest BCUT2D eigenvalue weighted by molar-refractivity contribution is -0.139. The zero-order valence-electron chi connectivity index (χ0n) is 12.2. The number of halogens is 1. The van der Waals surface area contributed by atoms with Gasteiger partial charge in [-0.25, -0.2) is 14.0 Å². The van der Waals surface area contributed by atoms with Gasteiger partial charge in [-0.15, -0.1) is 0 Å². The summed E-state index contributed by atoms with van der Waals surface area (Å²) in [7, 11) is 0. The molecule has 116 valence electrons. The molecule has 1 aromatic rings. The number of hydrogen-bond donors (Lipinski definition) is 3. The van der Waals surface area contributed by atoms with Crippen molar-refractivity contribution in [3.8, 4) is 0 Å². The molecule has 1 aromatic carbocycles. The Hall–Kier alpha value is -2.11. The second kappa shape index (κ2) is 8.24. The Labute approximate surface area is 123 Å². The summed E-state index contributed by atoms with van der Waals surface area (Å²) in [5, 5.41) is 14.1. The van der Waals surface area contributed by atoms with E-state index < -0.39 is 24.1 Å². The van der Waals surface area contributed by atoms with Crippen LogP contribution < -0.4 is 10.6 Å². The van der Waals surface area contributed by atoms with Gasteiger partial charge in [-0.2, -0.15) is 0 Å². The average Bonchev–Trinajstić information content (AvgIpc) is 2.43. The first-order chi connectivity index (χ1) is 9.93. The Morgan fingerprint density at radius 3 is 2.62 bits per heavy atom. The number of urea groups is 1. The predicted octanol–water partition coefficient (Wildman–Crippen LogP) is 2.83. The van der Waals surface area contributed by atoms with Gasteiger partial charge in [0.05, 0.1) is 6.04 Å². The molecule has 2 atom stereocenters. The van der Waals surface area contributed by atoms with E-state index in [-0.39, 0.29) is 5.82 Å². The molecule has 0 saturated carbocycles. The third-order valence-electron chi connectivity index (χ3n) is 3.15. The molecule has 0 aromatic heterocycles. The minimum Gasteiger partial charge on any atom is -0.480 e. The van der Waals surface area contributed by atoms with Crippen LogP contribution >= 0.6 is 0 Å². The number of rotatable bonds is 7. The zero-order chi connectivity index (χ0) is 15.8. The van der Waals surface area contributed by atoms with Gasteiger partial charge in [0.1, 0.15) is 11.9 Å². The number of benzene rings is 1. The maximum absolute atomic E-state index is 13.1. The first-order valence-electron chi connectivity index (χ1n) is 6.99. The van der Waals surface area contributed by atoms with E-state index in [0.29, 0.717) is 12.0 Å². The predicted molar refractivity (Wildman–Crippen MR) is 77.4 cm³/mol. The van der Waals surface area contributed by atoms with E-state index >= 15 is 0 Å². The summed E-state index contributed by atoms with van der Waals surface area (Å²) in [5.41, 5.74) is 0.616. The van der Waals surface area contributed by atoms with Gasteiger partial charge in [-0.05, 0) is 31.0 Å². The number of carboxylic acid groups (broad SMARTS) is 1. The smallest absolute Gasteiger partial charge is 0.326 e. The molecule has 6 heteroatoms. The maximum Gasteiger partial charge on any atom is 0.326 e. The van der Waals surface area contributed by atoms with Crippen LogP contribution in [0.15, 0.2) is 24.3 Å². The highest BCUT2D eigenvalue weighted by Gasteiger charge is 2.20. The van der Waals surface area contributed by atoms with Crippen molar-refractivity contribution in [1.82, 2.24) is 10.6 Å². The van der Waals surface area contributed by atoms with Crippen LogP contribution in [-0.2, 0) is 4.79 Å². The van der Waals surface area contributed by atoms with E-state index in [4.69, 9.17) is 5.11 Å². The number of carbonyl (C=O) groups excluding carboxylic acids is 1. The Balaban J connectivity index is 2.57. The Morgan fingerprint density at radius 1 is 1.33 bits per heavy atom. The lowest BCUT2D eigenvalue weighted by Crippen LogP contribution is -2.46. The molecule has 5 nitrogen and oxygen atoms in total. The molecule has 0 radical (unpaired) electrons. The number of carbonyl (C=O) groups is 2. The molecular weight excluding hydrogens is 275 g/mol. The second-order valence-corrected chi connectivity index (χ2v) is 4.93. The Kier molecular flexibility index (Phi) is 6.65. The quantitative estimate of drug-likeness (QED) is 0.724. The van der Waals surface area contributed by atoms with Crippen LogP contribution in [0.5, 0.6) is 0 Å². The molecule has 0 heterocycles. The Bertz CT molecular complexity index is 494. The highest BCUT2D eigenvalue weighted by atomic mass is 19.1. The number of hydrogen-bond acceptors (Lipinski definition) is 2. The summed E-state index contributed by atoms with van der Waals surface area (Å²) in [5.74, 6) is -1.44. The van der Waals surface area contributed by atoms with Crippen molar-refractivity contribution in [2.75, 3.05) is 0 Å². The topological polar surface area (TPSA) is 78.4 Å². The summed E-state index contributed by atoms with van der Waals surface area (Å²) in [6.45, 7) is 3.65. The van der Waals surface area contributed by atoms with Crippen molar-refractivity contribution in [2.45, 2.75) is 45.2 Å². The molecule has 0 aliphatic rings. The van der Waals surface area contributed by atoms with Gasteiger partial charge in [0.25, 0.3) is 0 Å². The van der Waals surface area contributed by atoms with Gasteiger partial charge in [-0.3, -0.25) is 0 Å². The molecule has 1 rings (SSSR count). The van der Waals surface area contributed by atoms with Crippen LogP contribution in [0.25, 0.3) is 0 Å². The zero-order valence-corrected chi connectivity index (χ0v) is 12.2. The highest BCUT2D eigenvalue weighted by Crippen LogP contribution is 2.13. The van der Waals surface area contributed by atoms with Gasteiger partial charge >= 0.3 is 12.0 Å². The normalized spacial score (nSPS) is 13.3. The van der Waals surface area contributed by atoms with E-state index in [1.165, 1.54) is 12.1 Å². The van der Waals surface area contributed by atoms with Gasteiger partial charge < -0.3 is 15.7 Å². The number of unbranched alkanes of at least 4 members (excludes halogenated alkanes) is 1. The standard InChI is InChI=1S/C15H21FN2O3/c1-3-4-8-13(14(19)20)18-15(21)17-10(2)11-6-5-7-12(16)9-11/h5-7,9-10,13H,3-4,8H2,1-2H3,(H,19,20)(H2,17,18,21)/t10?,13-/m0/s1. The van der Waals surface area contributed by atoms with Crippen LogP contribution in [0.3, 0.4) is 0 Å². The first kappa shape index (κ1) is 16.9. The second-order valence-electron chi connectivity index (χ2n) is 4.93. The molecule has 0 aliphatic heterocycles. The molecule has 3 N–H and O–H groups in total. The van der Waals surface area contributed by atoms with E-state index in [2.05, 4.69) is 10.6 Å².